The van der Waals surface area contributed by atoms with E-state index in [1.165, 1.54) is 17.4 Å². The Labute approximate surface area is 142 Å². The summed E-state index contributed by atoms with van der Waals surface area (Å²) < 4.78 is 11.2. The van der Waals surface area contributed by atoms with Gasteiger partial charge in [0.15, 0.2) is 11.5 Å². The molecule has 6 nitrogen and oxygen atoms in total. The Morgan fingerprint density at radius 2 is 2.17 bits per heavy atom. The number of anilines is 1. The molecule has 1 amide bonds. The first-order valence-electron chi connectivity index (χ1n) is 7.00. The zero-order chi connectivity index (χ0) is 16.2. The summed E-state index contributed by atoms with van der Waals surface area (Å²) >= 11 is 7.53. The predicted octanol–water partition coefficient (Wildman–Crippen LogP) is 3.31. The minimum absolute atomic E-state index is 0.288. The Bertz CT molecular complexity index is 760. The number of hydrogen-bond donors (Lipinski definition) is 1. The third-order valence-corrected chi connectivity index (χ3v) is 4.04. The number of nitrogens with one attached hydrogen (secondary N) is 1. The van der Waals surface area contributed by atoms with Crippen LogP contribution in [0.4, 0.5) is 5.13 Å². The Hall–Kier alpha value is -2.12. The molecular weight excluding hydrogens is 338 g/mol. The summed E-state index contributed by atoms with van der Waals surface area (Å²) in [6, 6.07) is 3.53. The van der Waals surface area contributed by atoms with Crippen LogP contribution in [0, 0.1) is 6.92 Å². The first-order chi connectivity index (χ1) is 11.1. The molecule has 1 aromatic carbocycles. The number of benzene rings is 1. The van der Waals surface area contributed by atoms with Crippen LogP contribution in [-0.2, 0) is 4.79 Å². The lowest BCUT2D eigenvalue weighted by Crippen LogP contribution is -2.07. The molecule has 0 saturated carbocycles. The SMILES string of the molecule is Cc1nnc(NC(=O)/C=C/c2cc(Cl)c3c(c2)OCCCO3)s1. The van der Waals surface area contributed by atoms with E-state index in [0.717, 1.165) is 17.0 Å². The Kier molecular flexibility index (Phi) is 4.78. The lowest BCUT2D eigenvalue weighted by molar-refractivity contribution is -0.111. The molecule has 3 rings (SSSR count). The zero-order valence-corrected chi connectivity index (χ0v) is 13.9. The standard InChI is InChI=1S/C15H14ClN3O3S/c1-9-18-19-15(23-9)17-13(20)4-3-10-7-11(16)14-12(8-10)21-5-2-6-22-14/h3-4,7-8H,2,5-6H2,1H3,(H,17,19,20)/b4-3+. The Morgan fingerprint density at radius 3 is 2.96 bits per heavy atom. The average Bonchev–Trinajstić information content (AvgIpc) is 2.78. The fourth-order valence-electron chi connectivity index (χ4n) is 2.01. The van der Waals surface area contributed by atoms with Gasteiger partial charge in [-0.2, -0.15) is 0 Å². The molecule has 8 heteroatoms. The molecule has 0 unspecified atom stereocenters. The fraction of sp³-hybridized carbons (Fsp3) is 0.267. The van der Waals surface area contributed by atoms with Gasteiger partial charge in [-0.3, -0.25) is 10.1 Å². The van der Waals surface area contributed by atoms with Crippen molar-refractivity contribution >= 4 is 40.1 Å². The van der Waals surface area contributed by atoms with Crippen molar-refractivity contribution in [3.05, 3.63) is 33.8 Å². The maximum atomic E-state index is 11.9. The molecule has 0 fully saturated rings. The number of amides is 1. The molecule has 1 aromatic heterocycles. The number of carbonyl (C=O) groups excluding carboxylic acids is 1. The summed E-state index contributed by atoms with van der Waals surface area (Å²) in [5, 5.41) is 12.0. The largest absolute Gasteiger partial charge is 0.489 e. The van der Waals surface area contributed by atoms with Crippen molar-refractivity contribution in [2.75, 3.05) is 18.5 Å². The van der Waals surface area contributed by atoms with E-state index in [1.807, 2.05) is 6.92 Å². The molecule has 0 radical (unpaired) electrons. The smallest absolute Gasteiger partial charge is 0.250 e. The molecule has 1 aliphatic heterocycles. The summed E-state index contributed by atoms with van der Waals surface area (Å²) in [5.41, 5.74) is 0.753. The molecule has 23 heavy (non-hydrogen) atoms. The van der Waals surface area contributed by atoms with Gasteiger partial charge in [-0.1, -0.05) is 22.9 Å². The van der Waals surface area contributed by atoms with E-state index in [4.69, 9.17) is 21.1 Å². The van der Waals surface area contributed by atoms with Gasteiger partial charge in [0, 0.05) is 12.5 Å². The number of hydrogen-bond acceptors (Lipinski definition) is 6. The van der Waals surface area contributed by atoms with Gasteiger partial charge in [-0.25, -0.2) is 0 Å². The number of carbonyl (C=O) groups is 1. The minimum Gasteiger partial charge on any atom is -0.489 e. The van der Waals surface area contributed by atoms with Crippen LogP contribution in [0.1, 0.15) is 17.0 Å². The summed E-state index contributed by atoms with van der Waals surface area (Å²) in [4.78, 5) is 11.9. The molecule has 1 N–H and O–H groups in total. The highest BCUT2D eigenvalue weighted by Crippen LogP contribution is 2.38. The molecule has 1 aliphatic rings. The van der Waals surface area contributed by atoms with Gasteiger partial charge in [0.1, 0.15) is 5.01 Å². The molecule has 0 bridgehead atoms. The average molecular weight is 352 g/mol. The minimum atomic E-state index is -0.288. The van der Waals surface area contributed by atoms with Crippen LogP contribution in [0.2, 0.25) is 5.02 Å². The second-order valence-electron chi connectivity index (χ2n) is 4.83. The van der Waals surface area contributed by atoms with E-state index in [2.05, 4.69) is 15.5 Å². The van der Waals surface area contributed by atoms with Crippen molar-refractivity contribution in [3.63, 3.8) is 0 Å². The van der Waals surface area contributed by atoms with E-state index < -0.39 is 0 Å². The van der Waals surface area contributed by atoms with Gasteiger partial charge in [0.05, 0.1) is 18.2 Å². The normalized spacial score (nSPS) is 13.8. The number of rotatable bonds is 3. The lowest BCUT2D eigenvalue weighted by Gasteiger charge is -2.09. The molecule has 2 heterocycles. The van der Waals surface area contributed by atoms with Crippen LogP contribution in [0.5, 0.6) is 11.5 Å². The molecule has 0 saturated heterocycles. The van der Waals surface area contributed by atoms with Crippen LogP contribution >= 0.6 is 22.9 Å². The second-order valence-corrected chi connectivity index (χ2v) is 6.42. The number of fused-ring (bicyclic) bond motifs is 1. The van der Waals surface area contributed by atoms with Gasteiger partial charge in [0.2, 0.25) is 11.0 Å². The molecular formula is C15H14ClN3O3S. The van der Waals surface area contributed by atoms with Crippen molar-refractivity contribution in [2.24, 2.45) is 0 Å². The summed E-state index contributed by atoms with van der Waals surface area (Å²) in [7, 11) is 0. The van der Waals surface area contributed by atoms with Crippen molar-refractivity contribution in [3.8, 4) is 11.5 Å². The zero-order valence-electron chi connectivity index (χ0n) is 12.3. The third-order valence-electron chi connectivity index (χ3n) is 3.01. The molecule has 0 aliphatic carbocycles. The maximum absolute atomic E-state index is 11.9. The van der Waals surface area contributed by atoms with Crippen LogP contribution in [-0.4, -0.2) is 29.3 Å². The lowest BCUT2D eigenvalue weighted by atomic mass is 10.2. The van der Waals surface area contributed by atoms with Crippen molar-refractivity contribution in [1.82, 2.24) is 10.2 Å². The first kappa shape index (κ1) is 15.8. The van der Waals surface area contributed by atoms with Gasteiger partial charge in [-0.05, 0) is 30.7 Å². The van der Waals surface area contributed by atoms with Crippen molar-refractivity contribution in [1.29, 1.82) is 0 Å². The monoisotopic (exact) mass is 351 g/mol. The van der Waals surface area contributed by atoms with Crippen LogP contribution < -0.4 is 14.8 Å². The van der Waals surface area contributed by atoms with Gasteiger partial charge in [0.25, 0.3) is 0 Å². The third kappa shape index (κ3) is 4.00. The Morgan fingerprint density at radius 1 is 1.35 bits per heavy atom. The molecule has 0 spiro atoms. The van der Waals surface area contributed by atoms with Crippen LogP contribution in [0.3, 0.4) is 0 Å². The van der Waals surface area contributed by atoms with Crippen LogP contribution in [0.15, 0.2) is 18.2 Å². The van der Waals surface area contributed by atoms with E-state index >= 15 is 0 Å². The second kappa shape index (κ2) is 6.97. The van der Waals surface area contributed by atoms with Crippen LogP contribution in [0.25, 0.3) is 6.08 Å². The van der Waals surface area contributed by atoms with E-state index in [1.54, 1.807) is 18.2 Å². The number of halogens is 1. The van der Waals surface area contributed by atoms with Gasteiger partial charge < -0.3 is 9.47 Å². The fourth-order valence-corrected chi connectivity index (χ4v) is 2.88. The highest BCUT2D eigenvalue weighted by atomic mass is 35.5. The van der Waals surface area contributed by atoms with Gasteiger partial charge in [-0.15, -0.1) is 10.2 Å². The molecule has 0 atom stereocenters. The molecule has 2 aromatic rings. The Balaban J connectivity index is 1.73. The van der Waals surface area contributed by atoms with E-state index in [9.17, 15) is 4.79 Å². The number of nitrogens with zero attached hydrogens (tertiary/aromatic N) is 2. The summed E-state index contributed by atoms with van der Waals surface area (Å²) in [6.45, 7) is 2.97. The number of aryl methyl sites for hydroxylation is 1. The molecule has 120 valence electrons. The first-order valence-corrected chi connectivity index (χ1v) is 8.19. The highest BCUT2D eigenvalue weighted by Gasteiger charge is 2.15. The topological polar surface area (TPSA) is 73.3 Å². The van der Waals surface area contributed by atoms with Crippen molar-refractivity contribution in [2.45, 2.75) is 13.3 Å². The quantitative estimate of drug-likeness (QED) is 0.859. The van der Waals surface area contributed by atoms with E-state index in [-0.39, 0.29) is 5.91 Å². The van der Waals surface area contributed by atoms with Gasteiger partial charge >= 0.3 is 0 Å². The summed E-state index contributed by atoms with van der Waals surface area (Å²) in [6.07, 6.45) is 3.87. The van der Waals surface area contributed by atoms with Crippen molar-refractivity contribution < 1.29 is 14.3 Å². The number of ether oxygens (including phenoxy) is 2. The summed E-state index contributed by atoms with van der Waals surface area (Å²) in [5.74, 6) is 0.856. The predicted molar refractivity (Wildman–Crippen MR) is 89.4 cm³/mol. The highest BCUT2D eigenvalue weighted by molar-refractivity contribution is 7.15. The number of aromatic nitrogens is 2. The van der Waals surface area contributed by atoms with E-state index in [0.29, 0.717) is 34.9 Å². The maximum Gasteiger partial charge on any atom is 0.250 e.